The van der Waals surface area contributed by atoms with E-state index in [0.717, 1.165) is 33.4 Å². The maximum absolute atomic E-state index is 14.3. The van der Waals surface area contributed by atoms with Crippen molar-refractivity contribution < 1.29 is 32.3 Å². The first kappa shape index (κ1) is 33.9. The number of nitrogens with zero attached hydrogens (tertiary/aromatic N) is 5. The van der Waals surface area contributed by atoms with Crippen molar-refractivity contribution in [1.82, 2.24) is 25.2 Å². The number of alkyl halides is 3. The molecule has 5 aromatic rings. The number of aromatic nitrogens is 3. The lowest BCUT2D eigenvalue weighted by Crippen LogP contribution is -2.52. The first-order chi connectivity index (χ1) is 24.4. The summed E-state index contributed by atoms with van der Waals surface area (Å²) in [5.74, 6) is 0.258. The summed E-state index contributed by atoms with van der Waals surface area (Å²) in [5.41, 5.74) is 2.39. The molecule has 2 aliphatic heterocycles. The van der Waals surface area contributed by atoms with E-state index >= 15 is 0 Å². The number of carbonyl (C=O) groups excluding carboxylic acids is 3. The summed E-state index contributed by atoms with van der Waals surface area (Å²) in [5, 5.41) is 5.85. The van der Waals surface area contributed by atoms with E-state index in [1.54, 1.807) is 41.3 Å². The molecule has 0 saturated carbocycles. The highest BCUT2D eigenvalue weighted by atomic mass is 32.1. The van der Waals surface area contributed by atoms with Crippen LogP contribution in [0.5, 0.6) is 5.75 Å². The van der Waals surface area contributed by atoms with Gasteiger partial charge in [-0.15, -0.1) is 11.3 Å². The Kier molecular flexibility index (Phi) is 9.06. The molecule has 3 aromatic heterocycles. The summed E-state index contributed by atoms with van der Waals surface area (Å²) in [6, 6.07) is 14.5. The highest BCUT2D eigenvalue weighted by Crippen LogP contribution is 2.41. The van der Waals surface area contributed by atoms with Crippen molar-refractivity contribution in [1.29, 1.82) is 0 Å². The lowest BCUT2D eigenvalue weighted by atomic mass is 10.0. The molecule has 0 spiro atoms. The van der Waals surface area contributed by atoms with Crippen LogP contribution in [0.3, 0.4) is 0 Å². The standard InChI is InChI=1S/C36H32F3N7O4S/c1-45(2)31-10-4-20(17-42-31)28-16-26(36(37,38)39)25(18-41-28)34-43-27-8-5-22(15-30(27)51-34)40-12-3-13-50-23-6-7-24-21(14-23)19-46(35(24)49)29-9-11-32(47)44-33(29)48/h4-8,10,14-18,29,40H,3,9,11-13,19H2,1-2H3,(H,44,47,48). The van der Waals surface area contributed by atoms with Gasteiger partial charge in [-0.2, -0.15) is 13.2 Å². The van der Waals surface area contributed by atoms with Gasteiger partial charge in [-0.25, -0.2) is 9.97 Å². The Bertz CT molecular complexity index is 2150. The normalized spacial score (nSPS) is 16.0. The number of piperidine rings is 1. The fraction of sp³-hybridized carbons (Fsp3) is 0.278. The fourth-order valence-electron chi connectivity index (χ4n) is 6.11. The lowest BCUT2D eigenvalue weighted by molar-refractivity contribution is -0.138. The van der Waals surface area contributed by atoms with Crippen LogP contribution in [0.4, 0.5) is 24.7 Å². The average molecular weight is 716 g/mol. The van der Waals surface area contributed by atoms with Crippen molar-refractivity contribution >= 4 is 50.8 Å². The number of halogens is 3. The van der Waals surface area contributed by atoms with E-state index in [-0.39, 0.29) is 41.0 Å². The summed E-state index contributed by atoms with van der Waals surface area (Å²) in [6.45, 7) is 1.23. The Morgan fingerprint density at radius 3 is 2.61 bits per heavy atom. The Labute approximate surface area is 294 Å². The van der Waals surface area contributed by atoms with Crippen molar-refractivity contribution in [2.75, 3.05) is 37.5 Å². The van der Waals surface area contributed by atoms with Crippen LogP contribution >= 0.6 is 11.3 Å². The number of hydrogen-bond donors (Lipinski definition) is 2. The molecule has 0 bridgehead atoms. The molecule has 262 valence electrons. The maximum Gasteiger partial charge on any atom is 0.417 e. The minimum absolute atomic E-state index is 0.0865. The SMILES string of the molecule is CN(C)c1ccc(-c2cc(C(F)(F)F)c(-c3nc4ccc(NCCCOc5ccc6c(c5)CN(C5CCC(=O)NC5=O)C6=O)cc4s3)cn2)cn1. The number of hydrogen-bond acceptors (Lipinski definition) is 10. The van der Waals surface area contributed by atoms with E-state index < -0.39 is 23.7 Å². The lowest BCUT2D eigenvalue weighted by Gasteiger charge is -2.29. The number of pyridine rings is 2. The van der Waals surface area contributed by atoms with Crippen LogP contribution in [0.15, 0.2) is 67.0 Å². The Balaban J connectivity index is 0.965. The number of amides is 3. The molecule has 7 rings (SSSR count). The second kappa shape index (κ2) is 13.6. The van der Waals surface area contributed by atoms with Crippen molar-refractivity contribution in [2.45, 2.75) is 38.0 Å². The number of ether oxygens (including phenoxy) is 1. The Morgan fingerprint density at radius 1 is 1.02 bits per heavy atom. The van der Waals surface area contributed by atoms with Gasteiger partial charge in [-0.1, -0.05) is 0 Å². The van der Waals surface area contributed by atoms with E-state index in [1.165, 1.54) is 17.3 Å². The smallest absolute Gasteiger partial charge is 0.417 e. The molecule has 1 saturated heterocycles. The van der Waals surface area contributed by atoms with Crippen LogP contribution in [0.2, 0.25) is 0 Å². The third kappa shape index (κ3) is 7.06. The maximum atomic E-state index is 14.3. The Morgan fingerprint density at radius 2 is 1.86 bits per heavy atom. The predicted molar refractivity (Wildman–Crippen MR) is 186 cm³/mol. The number of anilines is 2. The monoisotopic (exact) mass is 715 g/mol. The summed E-state index contributed by atoms with van der Waals surface area (Å²) in [4.78, 5) is 53.2. The minimum atomic E-state index is -4.62. The first-order valence-electron chi connectivity index (χ1n) is 16.2. The highest BCUT2D eigenvalue weighted by Gasteiger charge is 2.39. The van der Waals surface area contributed by atoms with E-state index in [2.05, 4.69) is 25.6 Å². The second-order valence-corrected chi connectivity index (χ2v) is 13.5. The van der Waals surface area contributed by atoms with Gasteiger partial charge in [-0.05, 0) is 73.0 Å². The molecule has 2 aliphatic rings. The summed E-state index contributed by atoms with van der Waals surface area (Å²) in [7, 11) is 3.66. The van der Waals surface area contributed by atoms with Crippen LogP contribution < -0.4 is 20.3 Å². The van der Waals surface area contributed by atoms with E-state index in [4.69, 9.17) is 4.74 Å². The number of rotatable bonds is 10. The predicted octanol–water partition coefficient (Wildman–Crippen LogP) is 6.15. The number of benzene rings is 2. The molecule has 1 fully saturated rings. The van der Waals surface area contributed by atoms with Gasteiger partial charge in [0.05, 0.1) is 28.1 Å². The number of nitrogens with one attached hydrogen (secondary N) is 2. The molecule has 51 heavy (non-hydrogen) atoms. The minimum Gasteiger partial charge on any atom is -0.494 e. The van der Waals surface area contributed by atoms with Crippen molar-refractivity contribution in [3.05, 3.63) is 83.7 Å². The summed E-state index contributed by atoms with van der Waals surface area (Å²) < 4.78 is 49.5. The van der Waals surface area contributed by atoms with E-state index in [9.17, 15) is 27.6 Å². The molecule has 15 heteroatoms. The zero-order valence-electron chi connectivity index (χ0n) is 27.6. The van der Waals surface area contributed by atoms with Gasteiger partial charge < -0.3 is 19.9 Å². The summed E-state index contributed by atoms with van der Waals surface area (Å²) in [6.07, 6.45) is -0.753. The van der Waals surface area contributed by atoms with Gasteiger partial charge in [0.25, 0.3) is 5.91 Å². The van der Waals surface area contributed by atoms with Crippen LogP contribution in [-0.2, 0) is 22.3 Å². The first-order valence-corrected chi connectivity index (χ1v) is 17.0. The molecule has 5 heterocycles. The highest BCUT2D eigenvalue weighted by molar-refractivity contribution is 7.21. The molecule has 0 aliphatic carbocycles. The van der Waals surface area contributed by atoms with Crippen LogP contribution in [0.1, 0.15) is 40.7 Å². The largest absolute Gasteiger partial charge is 0.494 e. The van der Waals surface area contributed by atoms with Gasteiger partial charge in [-0.3, -0.25) is 24.7 Å². The van der Waals surface area contributed by atoms with Crippen molar-refractivity contribution in [3.8, 4) is 27.6 Å². The molecule has 1 atom stereocenters. The van der Waals surface area contributed by atoms with Crippen LogP contribution in [0.25, 0.3) is 32.0 Å². The van der Waals surface area contributed by atoms with Crippen LogP contribution in [0, 0.1) is 0 Å². The molecule has 11 nitrogen and oxygen atoms in total. The van der Waals surface area contributed by atoms with Gasteiger partial charge in [0.1, 0.15) is 22.6 Å². The molecule has 0 radical (unpaired) electrons. The molecule has 2 aromatic carbocycles. The number of carbonyl (C=O) groups is 3. The third-order valence-electron chi connectivity index (χ3n) is 8.74. The van der Waals surface area contributed by atoms with Crippen LogP contribution in [-0.4, -0.2) is 70.9 Å². The van der Waals surface area contributed by atoms with Gasteiger partial charge in [0, 0.05) is 68.4 Å². The summed E-state index contributed by atoms with van der Waals surface area (Å²) >= 11 is 1.16. The number of fused-ring (bicyclic) bond motifs is 2. The molecule has 2 N–H and O–H groups in total. The van der Waals surface area contributed by atoms with Crippen molar-refractivity contribution in [2.24, 2.45) is 0 Å². The van der Waals surface area contributed by atoms with Gasteiger partial charge in [0.2, 0.25) is 11.8 Å². The fourth-order valence-corrected chi connectivity index (χ4v) is 7.13. The third-order valence-corrected chi connectivity index (χ3v) is 9.80. The molecule has 3 amide bonds. The molecule has 1 unspecified atom stereocenters. The molecular formula is C36H32F3N7O4S. The topological polar surface area (TPSA) is 130 Å². The number of thiazole rings is 1. The second-order valence-electron chi connectivity index (χ2n) is 12.5. The van der Waals surface area contributed by atoms with Gasteiger partial charge >= 0.3 is 6.18 Å². The zero-order chi connectivity index (χ0) is 35.9. The van der Waals surface area contributed by atoms with E-state index in [0.29, 0.717) is 54.2 Å². The zero-order valence-corrected chi connectivity index (χ0v) is 28.4. The number of imide groups is 1. The average Bonchev–Trinajstić information content (AvgIpc) is 3.67. The Hall–Kier alpha value is -5.57. The van der Waals surface area contributed by atoms with E-state index in [1.807, 2.05) is 26.2 Å². The molecular weight excluding hydrogens is 684 g/mol. The van der Waals surface area contributed by atoms with Gasteiger partial charge in [0.15, 0.2) is 0 Å². The van der Waals surface area contributed by atoms with Crippen molar-refractivity contribution in [3.63, 3.8) is 0 Å². The quantitative estimate of drug-likeness (QED) is 0.129.